The van der Waals surface area contributed by atoms with E-state index in [9.17, 15) is 4.79 Å². The fourth-order valence-electron chi connectivity index (χ4n) is 3.24. The van der Waals surface area contributed by atoms with Crippen molar-refractivity contribution in [2.75, 3.05) is 32.8 Å². The maximum absolute atomic E-state index is 13.2. The van der Waals surface area contributed by atoms with Gasteiger partial charge in [0.25, 0.3) is 5.91 Å². The molecule has 0 saturated carbocycles. The van der Waals surface area contributed by atoms with Crippen LogP contribution in [0.4, 0.5) is 5.69 Å². The third-order valence-electron chi connectivity index (χ3n) is 4.48. The molecule has 25 heavy (non-hydrogen) atoms. The predicted molar refractivity (Wildman–Crippen MR) is 97.1 cm³/mol. The Morgan fingerprint density at radius 3 is 2.20 bits per heavy atom. The molecule has 5 heteroatoms. The number of fused-ring (bicyclic) bond motifs is 1. The molecule has 1 heterocycles. The molecule has 0 radical (unpaired) electrons. The Hall–Kier alpha value is -2.69. The van der Waals surface area contributed by atoms with Gasteiger partial charge in [-0.3, -0.25) is 4.79 Å². The normalized spacial score (nSPS) is 16.2. The second kappa shape index (κ2) is 7.05. The molecule has 3 rings (SSSR count). The van der Waals surface area contributed by atoms with Crippen LogP contribution in [0.25, 0.3) is 0 Å². The van der Waals surface area contributed by atoms with Crippen molar-refractivity contribution in [1.29, 1.82) is 0 Å². The molecule has 1 amide bonds. The van der Waals surface area contributed by atoms with Crippen LogP contribution in [-0.2, 0) is 6.42 Å². The topological polar surface area (TPSA) is 48.0 Å². The standard InChI is InChI=1S/C20H23NO4/c1-13-7-14-8-16(23-2)5-6-19(14)21(12-13)20(22)15-9-17(24-3)11-18(10-15)25-4/h5-6,8-11,13H,7,12H2,1-4H3. The summed E-state index contributed by atoms with van der Waals surface area (Å²) in [5.41, 5.74) is 2.61. The van der Waals surface area contributed by atoms with Gasteiger partial charge >= 0.3 is 0 Å². The molecular weight excluding hydrogens is 318 g/mol. The van der Waals surface area contributed by atoms with Crippen LogP contribution in [-0.4, -0.2) is 33.8 Å². The van der Waals surface area contributed by atoms with E-state index in [1.165, 1.54) is 0 Å². The summed E-state index contributed by atoms with van der Waals surface area (Å²) in [6.45, 7) is 2.83. The van der Waals surface area contributed by atoms with Crippen LogP contribution < -0.4 is 19.1 Å². The van der Waals surface area contributed by atoms with E-state index in [-0.39, 0.29) is 5.91 Å². The van der Waals surface area contributed by atoms with Gasteiger partial charge in [-0.25, -0.2) is 0 Å². The molecule has 2 aromatic carbocycles. The van der Waals surface area contributed by atoms with Crippen molar-refractivity contribution in [3.05, 3.63) is 47.5 Å². The van der Waals surface area contributed by atoms with Gasteiger partial charge in [-0.15, -0.1) is 0 Å². The number of rotatable bonds is 4. The van der Waals surface area contributed by atoms with Gasteiger partial charge in [-0.1, -0.05) is 6.92 Å². The van der Waals surface area contributed by atoms with Crippen LogP contribution in [0.2, 0.25) is 0 Å². The van der Waals surface area contributed by atoms with E-state index in [1.807, 2.05) is 23.1 Å². The molecule has 1 atom stereocenters. The molecule has 0 fully saturated rings. The highest BCUT2D eigenvalue weighted by molar-refractivity contribution is 6.07. The van der Waals surface area contributed by atoms with Crippen molar-refractivity contribution >= 4 is 11.6 Å². The summed E-state index contributed by atoms with van der Waals surface area (Å²) in [6.07, 6.45) is 0.928. The molecule has 0 spiro atoms. The summed E-state index contributed by atoms with van der Waals surface area (Å²) in [4.78, 5) is 15.0. The maximum atomic E-state index is 13.2. The van der Waals surface area contributed by atoms with Crippen LogP contribution in [0, 0.1) is 5.92 Å². The summed E-state index contributed by atoms with van der Waals surface area (Å²) < 4.78 is 15.9. The Balaban J connectivity index is 2.01. The third kappa shape index (κ3) is 3.40. The number of hydrogen-bond donors (Lipinski definition) is 0. The molecule has 0 saturated heterocycles. The minimum Gasteiger partial charge on any atom is -0.497 e. The summed E-state index contributed by atoms with van der Waals surface area (Å²) in [5, 5.41) is 0. The Morgan fingerprint density at radius 2 is 1.60 bits per heavy atom. The number of methoxy groups -OCH3 is 3. The lowest BCUT2D eigenvalue weighted by Gasteiger charge is -2.33. The van der Waals surface area contributed by atoms with E-state index in [2.05, 4.69) is 6.92 Å². The molecule has 0 N–H and O–H groups in total. The monoisotopic (exact) mass is 341 g/mol. The zero-order valence-electron chi connectivity index (χ0n) is 15.0. The summed E-state index contributed by atoms with van der Waals surface area (Å²) in [6, 6.07) is 11.1. The number of anilines is 1. The zero-order chi connectivity index (χ0) is 18.0. The largest absolute Gasteiger partial charge is 0.497 e. The average molecular weight is 341 g/mol. The van der Waals surface area contributed by atoms with Gasteiger partial charge in [0, 0.05) is 23.9 Å². The summed E-state index contributed by atoms with van der Waals surface area (Å²) in [7, 11) is 4.81. The lowest BCUT2D eigenvalue weighted by atomic mass is 9.93. The molecule has 132 valence electrons. The Bertz CT molecular complexity index is 765. The Kier molecular flexibility index (Phi) is 4.83. The fraction of sp³-hybridized carbons (Fsp3) is 0.350. The van der Waals surface area contributed by atoms with Gasteiger partial charge < -0.3 is 19.1 Å². The highest BCUT2D eigenvalue weighted by Crippen LogP contribution is 2.34. The molecule has 1 aliphatic heterocycles. The van der Waals surface area contributed by atoms with Crippen molar-refractivity contribution in [3.63, 3.8) is 0 Å². The van der Waals surface area contributed by atoms with E-state index in [0.717, 1.165) is 23.4 Å². The third-order valence-corrected chi connectivity index (χ3v) is 4.48. The molecule has 2 aromatic rings. The minimum atomic E-state index is -0.0600. The minimum absolute atomic E-state index is 0.0600. The van der Waals surface area contributed by atoms with Crippen LogP contribution in [0.3, 0.4) is 0 Å². The average Bonchev–Trinajstić information content (AvgIpc) is 2.65. The molecule has 1 unspecified atom stereocenters. The van der Waals surface area contributed by atoms with Crippen LogP contribution >= 0.6 is 0 Å². The van der Waals surface area contributed by atoms with Gasteiger partial charge in [0.2, 0.25) is 0 Å². The fourth-order valence-corrected chi connectivity index (χ4v) is 3.24. The number of carbonyl (C=O) groups excluding carboxylic acids is 1. The number of ether oxygens (including phenoxy) is 3. The predicted octanol–water partition coefficient (Wildman–Crippen LogP) is 3.55. The second-order valence-corrected chi connectivity index (χ2v) is 6.32. The van der Waals surface area contributed by atoms with Crippen molar-refractivity contribution in [2.24, 2.45) is 5.92 Å². The van der Waals surface area contributed by atoms with Crippen LogP contribution in [0.1, 0.15) is 22.8 Å². The van der Waals surface area contributed by atoms with E-state index >= 15 is 0 Å². The Labute approximate surface area is 148 Å². The molecule has 0 aromatic heterocycles. The highest BCUT2D eigenvalue weighted by atomic mass is 16.5. The lowest BCUT2D eigenvalue weighted by Crippen LogP contribution is -2.39. The van der Waals surface area contributed by atoms with Crippen molar-refractivity contribution in [2.45, 2.75) is 13.3 Å². The number of amides is 1. The SMILES string of the molecule is COc1cc(OC)cc(C(=O)N2CC(C)Cc3cc(OC)ccc32)c1. The quantitative estimate of drug-likeness (QED) is 0.853. The number of carbonyl (C=O) groups is 1. The van der Waals surface area contributed by atoms with Gasteiger partial charge in [0.1, 0.15) is 17.2 Å². The molecule has 5 nitrogen and oxygen atoms in total. The van der Waals surface area contributed by atoms with Gasteiger partial charge in [0.15, 0.2) is 0 Å². The van der Waals surface area contributed by atoms with Crippen molar-refractivity contribution in [3.8, 4) is 17.2 Å². The first-order chi connectivity index (χ1) is 12.0. The molecule has 0 bridgehead atoms. The zero-order valence-corrected chi connectivity index (χ0v) is 15.0. The van der Waals surface area contributed by atoms with Crippen molar-refractivity contribution < 1.29 is 19.0 Å². The Morgan fingerprint density at radius 1 is 0.960 bits per heavy atom. The number of benzene rings is 2. The van der Waals surface area contributed by atoms with Crippen molar-refractivity contribution in [1.82, 2.24) is 0 Å². The van der Waals surface area contributed by atoms with Gasteiger partial charge in [0.05, 0.1) is 21.3 Å². The first kappa shape index (κ1) is 17.1. The summed E-state index contributed by atoms with van der Waals surface area (Å²) >= 11 is 0. The second-order valence-electron chi connectivity index (χ2n) is 6.32. The van der Waals surface area contributed by atoms with Crippen LogP contribution in [0.5, 0.6) is 17.2 Å². The van der Waals surface area contributed by atoms with E-state index in [1.54, 1.807) is 39.5 Å². The molecule has 0 aliphatic carbocycles. The van der Waals surface area contributed by atoms with E-state index in [4.69, 9.17) is 14.2 Å². The highest BCUT2D eigenvalue weighted by Gasteiger charge is 2.28. The first-order valence-corrected chi connectivity index (χ1v) is 8.27. The smallest absolute Gasteiger partial charge is 0.258 e. The first-order valence-electron chi connectivity index (χ1n) is 8.27. The van der Waals surface area contributed by atoms with E-state index in [0.29, 0.717) is 29.5 Å². The van der Waals surface area contributed by atoms with E-state index < -0.39 is 0 Å². The number of nitrogens with zero attached hydrogens (tertiary/aromatic N) is 1. The maximum Gasteiger partial charge on any atom is 0.258 e. The van der Waals surface area contributed by atoms with Gasteiger partial charge in [-0.2, -0.15) is 0 Å². The van der Waals surface area contributed by atoms with Gasteiger partial charge in [-0.05, 0) is 48.2 Å². The lowest BCUT2D eigenvalue weighted by molar-refractivity contribution is 0.0980. The summed E-state index contributed by atoms with van der Waals surface area (Å²) in [5.74, 6) is 2.32. The number of hydrogen-bond acceptors (Lipinski definition) is 4. The molecule has 1 aliphatic rings. The molecular formula is C20H23NO4. The van der Waals surface area contributed by atoms with Crippen LogP contribution in [0.15, 0.2) is 36.4 Å².